The van der Waals surface area contributed by atoms with Crippen LogP contribution in [0.25, 0.3) is 0 Å². The lowest BCUT2D eigenvalue weighted by molar-refractivity contribution is -0.123. The van der Waals surface area contributed by atoms with E-state index < -0.39 is 6.16 Å². The van der Waals surface area contributed by atoms with Gasteiger partial charge in [0.25, 0.3) is 0 Å². The zero-order valence-corrected chi connectivity index (χ0v) is 10.7. The Kier molecular flexibility index (Phi) is 2.67. The minimum absolute atomic E-state index is 0.0129. The van der Waals surface area contributed by atoms with E-state index in [1.54, 1.807) is 0 Å². The van der Waals surface area contributed by atoms with Crippen molar-refractivity contribution in [3.8, 4) is 0 Å². The van der Waals surface area contributed by atoms with Crippen LogP contribution in [-0.4, -0.2) is 18.9 Å². The van der Waals surface area contributed by atoms with Crippen LogP contribution < -0.4 is 0 Å². The molecule has 0 aromatic heterocycles. The minimum Gasteiger partial charge on any atom is -0.438 e. The second-order valence-corrected chi connectivity index (χ2v) is 6.28. The summed E-state index contributed by atoms with van der Waals surface area (Å²) in [5.74, 6) is 1.27. The Labute approximate surface area is 97.5 Å². The highest BCUT2D eigenvalue weighted by Crippen LogP contribution is 2.59. The average Bonchev–Trinajstić information content (AvgIpc) is 2.76. The van der Waals surface area contributed by atoms with Gasteiger partial charge in [-0.05, 0) is 37.5 Å². The van der Waals surface area contributed by atoms with Gasteiger partial charge in [0.15, 0.2) is 0 Å². The lowest BCUT2D eigenvalue weighted by atomic mass is 9.67. The molecule has 0 heterocycles. The summed E-state index contributed by atoms with van der Waals surface area (Å²) in [6, 6.07) is 0. The van der Waals surface area contributed by atoms with Crippen LogP contribution in [0.4, 0.5) is 4.79 Å². The summed E-state index contributed by atoms with van der Waals surface area (Å²) in [4.78, 5) is 11.5. The molecule has 2 aliphatic rings. The van der Waals surface area contributed by atoms with Gasteiger partial charge in [0, 0.05) is 5.41 Å². The summed E-state index contributed by atoms with van der Waals surface area (Å²) in [6.45, 7) is 6.49. The minimum atomic E-state index is -0.525. The first-order valence-corrected chi connectivity index (χ1v) is 6.16. The third kappa shape index (κ3) is 1.61. The maximum atomic E-state index is 11.5. The fraction of sp³-hybridized carbons (Fsp3) is 0.923. The van der Waals surface area contributed by atoms with Crippen molar-refractivity contribution >= 4 is 6.16 Å². The number of methoxy groups -OCH3 is 1. The number of fused-ring (bicyclic) bond motifs is 2. The molecule has 0 radical (unpaired) electrons. The molecule has 16 heavy (non-hydrogen) atoms. The number of carbonyl (C=O) groups excluding carboxylic acids is 1. The molecule has 2 saturated carbocycles. The molecule has 0 spiro atoms. The largest absolute Gasteiger partial charge is 0.508 e. The van der Waals surface area contributed by atoms with Crippen molar-refractivity contribution in [3.05, 3.63) is 0 Å². The normalized spacial score (nSPS) is 37.5. The Morgan fingerprint density at radius 1 is 1.31 bits per heavy atom. The molecule has 0 saturated heterocycles. The Bertz CT molecular complexity index is 292. The van der Waals surface area contributed by atoms with Crippen LogP contribution >= 0.6 is 0 Å². The van der Waals surface area contributed by atoms with Crippen LogP contribution in [0, 0.1) is 17.3 Å². The maximum Gasteiger partial charge on any atom is 0.508 e. The summed E-state index contributed by atoms with van der Waals surface area (Å²) in [7, 11) is 1.38. The maximum absolute atomic E-state index is 11.5. The molecular formula is C13H22O3. The Morgan fingerprint density at radius 2 is 2.00 bits per heavy atom. The van der Waals surface area contributed by atoms with E-state index >= 15 is 0 Å². The predicted molar refractivity (Wildman–Crippen MR) is 61.1 cm³/mol. The fourth-order valence-corrected chi connectivity index (χ4v) is 3.67. The zero-order chi connectivity index (χ0) is 12.0. The highest BCUT2D eigenvalue weighted by molar-refractivity contribution is 5.60. The third-order valence-electron chi connectivity index (χ3n) is 4.49. The third-order valence-corrected chi connectivity index (χ3v) is 4.49. The molecule has 3 nitrogen and oxygen atoms in total. The standard InChI is InChI=1S/C13H22O3/c1-12(2,3)13(16-11(14)15-4)8-9-5-6-10(13)7-9/h9-10H,5-8H2,1-4H3. The lowest BCUT2D eigenvalue weighted by Gasteiger charge is -2.46. The molecule has 0 aliphatic heterocycles. The quantitative estimate of drug-likeness (QED) is 0.643. The fourth-order valence-electron chi connectivity index (χ4n) is 3.67. The monoisotopic (exact) mass is 226 g/mol. The van der Waals surface area contributed by atoms with Crippen molar-refractivity contribution in [3.63, 3.8) is 0 Å². The van der Waals surface area contributed by atoms with Crippen molar-refractivity contribution in [2.45, 2.75) is 52.1 Å². The molecule has 2 aliphatic carbocycles. The molecule has 0 amide bonds. The van der Waals surface area contributed by atoms with Gasteiger partial charge in [-0.2, -0.15) is 0 Å². The first-order chi connectivity index (χ1) is 7.39. The second-order valence-electron chi connectivity index (χ2n) is 6.28. The van der Waals surface area contributed by atoms with E-state index in [2.05, 4.69) is 25.5 Å². The van der Waals surface area contributed by atoms with Crippen molar-refractivity contribution in [1.29, 1.82) is 0 Å². The van der Waals surface area contributed by atoms with Crippen LogP contribution in [0.3, 0.4) is 0 Å². The number of carbonyl (C=O) groups is 1. The molecule has 3 unspecified atom stereocenters. The molecular weight excluding hydrogens is 204 g/mol. The first-order valence-electron chi connectivity index (χ1n) is 6.16. The van der Waals surface area contributed by atoms with E-state index in [9.17, 15) is 4.79 Å². The SMILES string of the molecule is COC(=O)OC1(C(C)(C)C)CC2CCC1C2. The van der Waals surface area contributed by atoms with E-state index in [0.717, 1.165) is 12.3 Å². The lowest BCUT2D eigenvalue weighted by Crippen LogP contribution is -2.51. The average molecular weight is 226 g/mol. The summed E-state index contributed by atoms with van der Waals surface area (Å²) in [6.07, 6.45) is 4.19. The number of rotatable bonds is 1. The van der Waals surface area contributed by atoms with Gasteiger partial charge in [0.1, 0.15) is 5.60 Å². The summed E-state index contributed by atoms with van der Waals surface area (Å²) in [5.41, 5.74) is -0.315. The van der Waals surface area contributed by atoms with Crippen LogP contribution in [0.2, 0.25) is 0 Å². The Morgan fingerprint density at radius 3 is 2.38 bits per heavy atom. The zero-order valence-electron chi connectivity index (χ0n) is 10.7. The van der Waals surface area contributed by atoms with Crippen LogP contribution in [-0.2, 0) is 9.47 Å². The van der Waals surface area contributed by atoms with Gasteiger partial charge in [0.05, 0.1) is 7.11 Å². The van der Waals surface area contributed by atoms with E-state index in [1.807, 2.05) is 0 Å². The summed E-state index contributed by atoms with van der Waals surface area (Å²) in [5, 5.41) is 0. The van der Waals surface area contributed by atoms with Gasteiger partial charge >= 0.3 is 6.16 Å². The van der Waals surface area contributed by atoms with E-state index in [-0.39, 0.29) is 11.0 Å². The van der Waals surface area contributed by atoms with E-state index in [0.29, 0.717) is 5.92 Å². The molecule has 0 aromatic carbocycles. The second kappa shape index (κ2) is 3.64. The molecule has 3 atom stereocenters. The number of hydrogen-bond acceptors (Lipinski definition) is 3. The van der Waals surface area contributed by atoms with Gasteiger partial charge in [-0.3, -0.25) is 0 Å². The van der Waals surface area contributed by atoms with Crippen molar-refractivity contribution in [1.82, 2.24) is 0 Å². The predicted octanol–water partition coefficient (Wildman–Crippen LogP) is 3.37. The Balaban J connectivity index is 2.24. The van der Waals surface area contributed by atoms with E-state index in [1.165, 1.54) is 26.4 Å². The highest BCUT2D eigenvalue weighted by atomic mass is 16.7. The molecule has 3 heteroatoms. The molecule has 92 valence electrons. The van der Waals surface area contributed by atoms with Gasteiger partial charge in [-0.1, -0.05) is 20.8 Å². The van der Waals surface area contributed by atoms with Gasteiger partial charge in [0.2, 0.25) is 0 Å². The molecule has 2 rings (SSSR count). The van der Waals surface area contributed by atoms with Gasteiger partial charge in [-0.15, -0.1) is 0 Å². The summed E-state index contributed by atoms with van der Waals surface area (Å²) < 4.78 is 10.4. The van der Waals surface area contributed by atoms with Gasteiger partial charge in [-0.25, -0.2) is 4.79 Å². The molecule has 2 bridgehead atoms. The van der Waals surface area contributed by atoms with Crippen molar-refractivity contribution < 1.29 is 14.3 Å². The van der Waals surface area contributed by atoms with Gasteiger partial charge < -0.3 is 9.47 Å². The van der Waals surface area contributed by atoms with Crippen LogP contribution in [0.1, 0.15) is 46.5 Å². The Hall–Kier alpha value is -0.730. The molecule has 2 fully saturated rings. The van der Waals surface area contributed by atoms with Crippen molar-refractivity contribution in [2.75, 3.05) is 7.11 Å². The topological polar surface area (TPSA) is 35.5 Å². The van der Waals surface area contributed by atoms with Crippen LogP contribution in [0.15, 0.2) is 0 Å². The van der Waals surface area contributed by atoms with E-state index in [4.69, 9.17) is 4.74 Å². The summed E-state index contributed by atoms with van der Waals surface area (Å²) >= 11 is 0. The highest BCUT2D eigenvalue weighted by Gasteiger charge is 2.59. The molecule has 0 aromatic rings. The van der Waals surface area contributed by atoms with Crippen LogP contribution in [0.5, 0.6) is 0 Å². The van der Waals surface area contributed by atoms with Crippen molar-refractivity contribution in [2.24, 2.45) is 17.3 Å². The number of hydrogen-bond donors (Lipinski definition) is 0. The number of ether oxygens (including phenoxy) is 2. The smallest absolute Gasteiger partial charge is 0.438 e. The first kappa shape index (κ1) is 11.7. The molecule has 0 N–H and O–H groups in total.